The summed E-state index contributed by atoms with van der Waals surface area (Å²) in [5.74, 6) is 1.80. The van der Waals surface area contributed by atoms with Gasteiger partial charge in [-0.05, 0) is 65.5 Å². The summed E-state index contributed by atoms with van der Waals surface area (Å²) in [5.41, 5.74) is 1.26. The average Bonchev–Trinajstić information content (AvgIpc) is 2.32. The summed E-state index contributed by atoms with van der Waals surface area (Å²) in [6, 6.07) is 6.42. The molecule has 2 rings (SSSR count). The van der Waals surface area contributed by atoms with Gasteiger partial charge in [-0.2, -0.15) is 0 Å². The molecule has 0 saturated heterocycles. The summed E-state index contributed by atoms with van der Waals surface area (Å²) in [6.07, 6.45) is 5.58. The molecule has 0 heterocycles. The summed E-state index contributed by atoms with van der Waals surface area (Å²) in [5, 5.41) is 3.60. The highest BCUT2D eigenvalue weighted by Gasteiger charge is 2.17. The maximum absolute atomic E-state index is 3.60. The van der Waals surface area contributed by atoms with E-state index in [9.17, 15) is 0 Å². The summed E-state index contributed by atoms with van der Waals surface area (Å²) in [4.78, 5) is 0. The molecule has 1 aromatic carbocycles. The highest BCUT2D eigenvalue weighted by atomic mass is 127. The lowest BCUT2D eigenvalue weighted by Gasteiger charge is -2.26. The molecule has 0 spiro atoms. The van der Waals surface area contributed by atoms with E-state index < -0.39 is 0 Å². The normalized spacial score (nSPS) is 24.6. The van der Waals surface area contributed by atoms with Gasteiger partial charge in [0.25, 0.3) is 0 Å². The van der Waals surface area contributed by atoms with Crippen molar-refractivity contribution in [1.82, 2.24) is 0 Å². The summed E-state index contributed by atoms with van der Waals surface area (Å²) in [7, 11) is 0. The predicted molar refractivity (Wildman–Crippen MR) is 86.5 cm³/mol. The van der Waals surface area contributed by atoms with Gasteiger partial charge >= 0.3 is 0 Å². The van der Waals surface area contributed by atoms with E-state index in [0.29, 0.717) is 0 Å². The molecule has 17 heavy (non-hydrogen) atoms. The fourth-order valence-electron chi connectivity index (χ4n) is 2.42. The molecule has 1 saturated carbocycles. The maximum Gasteiger partial charge on any atom is 0.0487 e. The number of halogens is 2. The first kappa shape index (κ1) is 13.7. The molecular formula is C14H19BrIN. The third-order valence-corrected chi connectivity index (χ3v) is 5.08. The molecule has 0 radical (unpaired) electrons. The molecule has 1 aliphatic rings. The number of anilines is 1. The van der Waals surface area contributed by atoms with Gasteiger partial charge in [0.05, 0.1) is 0 Å². The van der Waals surface area contributed by atoms with E-state index in [-0.39, 0.29) is 0 Å². The van der Waals surface area contributed by atoms with Crippen molar-refractivity contribution in [1.29, 1.82) is 0 Å². The molecule has 0 amide bonds. The molecule has 1 nitrogen and oxygen atoms in total. The smallest absolute Gasteiger partial charge is 0.0487 e. The predicted octanol–water partition coefficient (Wildman–Crippen LogP) is 5.29. The summed E-state index contributed by atoms with van der Waals surface area (Å²) >= 11 is 5.92. The molecule has 0 aliphatic heterocycles. The van der Waals surface area contributed by atoms with Crippen LogP contribution in [-0.4, -0.2) is 6.54 Å². The van der Waals surface area contributed by atoms with E-state index in [4.69, 9.17) is 0 Å². The fourth-order valence-corrected chi connectivity index (χ4v) is 3.31. The van der Waals surface area contributed by atoms with Gasteiger partial charge in [-0.1, -0.05) is 35.7 Å². The first-order valence-corrected chi connectivity index (χ1v) is 8.21. The minimum Gasteiger partial charge on any atom is -0.384 e. The molecule has 94 valence electrons. The Morgan fingerprint density at radius 1 is 1.29 bits per heavy atom. The van der Waals surface area contributed by atoms with Gasteiger partial charge in [0.15, 0.2) is 0 Å². The van der Waals surface area contributed by atoms with E-state index in [2.05, 4.69) is 69.0 Å². The van der Waals surface area contributed by atoms with Crippen LogP contribution in [0.15, 0.2) is 22.7 Å². The zero-order valence-corrected chi connectivity index (χ0v) is 13.9. The fraction of sp³-hybridized carbons (Fsp3) is 0.571. The highest BCUT2D eigenvalue weighted by Crippen LogP contribution is 2.29. The Morgan fingerprint density at radius 3 is 2.71 bits per heavy atom. The summed E-state index contributed by atoms with van der Waals surface area (Å²) in [6.45, 7) is 3.50. The van der Waals surface area contributed by atoms with Crippen molar-refractivity contribution in [2.75, 3.05) is 11.9 Å². The summed E-state index contributed by atoms with van der Waals surface area (Å²) < 4.78 is 2.45. The minimum atomic E-state index is 0.862. The Hall–Kier alpha value is 0.230. The van der Waals surface area contributed by atoms with E-state index in [1.54, 1.807) is 0 Å². The van der Waals surface area contributed by atoms with Crippen LogP contribution in [-0.2, 0) is 0 Å². The molecule has 3 heteroatoms. The van der Waals surface area contributed by atoms with Gasteiger partial charge < -0.3 is 5.32 Å². The Balaban J connectivity index is 1.87. The number of nitrogens with one attached hydrogen (secondary N) is 1. The third kappa shape index (κ3) is 4.12. The zero-order valence-electron chi connectivity index (χ0n) is 10.2. The Bertz CT molecular complexity index is 372. The second-order valence-electron chi connectivity index (χ2n) is 5.13. The molecule has 0 bridgehead atoms. The van der Waals surface area contributed by atoms with Crippen LogP contribution in [0.2, 0.25) is 0 Å². The number of benzene rings is 1. The van der Waals surface area contributed by atoms with Crippen LogP contribution >= 0.6 is 38.5 Å². The Morgan fingerprint density at radius 2 is 2.00 bits per heavy atom. The van der Waals surface area contributed by atoms with Gasteiger partial charge in [-0.15, -0.1) is 0 Å². The quantitative estimate of drug-likeness (QED) is 0.671. The van der Waals surface area contributed by atoms with E-state index in [0.717, 1.165) is 22.9 Å². The van der Waals surface area contributed by atoms with E-state index in [1.165, 1.54) is 34.9 Å². The Labute approximate surface area is 126 Å². The van der Waals surface area contributed by atoms with Crippen molar-refractivity contribution in [3.8, 4) is 0 Å². The van der Waals surface area contributed by atoms with E-state index in [1.807, 2.05) is 0 Å². The molecule has 1 fully saturated rings. The number of hydrogen-bond donors (Lipinski definition) is 1. The maximum atomic E-state index is 3.60. The SMILES string of the molecule is CC1CCC(CNc2cc(Br)ccc2I)CC1. The van der Waals surface area contributed by atoms with Crippen LogP contribution in [0.1, 0.15) is 32.6 Å². The molecule has 0 unspecified atom stereocenters. The standard InChI is InChI=1S/C14H19BrIN/c1-10-2-4-11(5-3-10)9-17-14-8-12(15)6-7-13(14)16/h6-8,10-11,17H,2-5,9H2,1H3. The van der Waals surface area contributed by atoms with Crippen molar-refractivity contribution in [2.24, 2.45) is 11.8 Å². The van der Waals surface area contributed by atoms with Crippen LogP contribution in [0.25, 0.3) is 0 Å². The van der Waals surface area contributed by atoms with Crippen molar-refractivity contribution in [2.45, 2.75) is 32.6 Å². The molecule has 1 aromatic rings. The van der Waals surface area contributed by atoms with Crippen molar-refractivity contribution >= 4 is 44.2 Å². The van der Waals surface area contributed by atoms with Crippen LogP contribution in [0, 0.1) is 15.4 Å². The molecule has 0 atom stereocenters. The molecular weight excluding hydrogens is 389 g/mol. The van der Waals surface area contributed by atoms with Gasteiger partial charge in [0.1, 0.15) is 0 Å². The lowest BCUT2D eigenvalue weighted by molar-refractivity contribution is 0.300. The first-order chi connectivity index (χ1) is 8.15. The minimum absolute atomic E-state index is 0.862. The lowest BCUT2D eigenvalue weighted by Crippen LogP contribution is -2.20. The second kappa shape index (κ2) is 6.41. The molecule has 1 aliphatic carbocycles. The van der Waals surface area contributed by atoms with Crippen molar-refractivity contribution in [3.05, 3.63) is 26.2 Å². The van der Waals surface area contributed by atoms with Gasteiger partial charge in [0.2, 0.25) is 0 Å². The van der Waals surface area contributed by atoms with Crippen LogP contribution in [0.3, 0.4) is 0 Å². The zero-order chi connectivity index (χ0) is 12.3. The van der Waals surface area contributed by atoms with Crippen molar-refractivity contribution < 1.29 is 0 Å². The molecule has 0 aromatic heterocycles. The van der Waals surface area contributed by atoms with Gasteiger partial charge in [-0.3, -0.25) is 0 Å². The van der Waals surface area contributed by atoms with Crippen LogP contribution in [0.5, 0.6) is 0 Å². The monoisotopic (exact) mass is 407 g/mol. The highest BCUT2D eigenvalue weighted by molar-refractivity contribution is 14.1. The lowest BCUT2D eigenvalue weighted by atomic mass is 9.83. The second-order valence-corrected chi connectivity index (χ2v) is 7.21. The third-order valence-electron chi connectivity index (χ3n) is 3.65. The first-order valence-electron chi connectivity index (χ1n) is 6.34. The molecule has 1 N–H and O–H groups in total. The van der Waals surface area contributed by atoms with E-state index >= 15 is 0 Å². The van der Waals surface area contributed by atoms with Gasteiger partial charge in [0, 0.05) is 20.3 Å². The van der Waals surface area contributed by atoms with Crippen molar-refractivity contribution in [3.63, 3.8) is 0 Å². The number of hydrogen-bond acceptors (Lipinski definition) is 1. The largest absolute Gasteiger partial charge is 0.384 e. The van der Waals surface area contributed by atoms with Crippen LogP contribution in [0.4, 0.5) is 5.69 Å². The van der Waals surface area contributed by atoms with Gasteiger partial charge in [-0.25, -0.2) is 0 Å². The number of rotatable bonds is 3. The topological polar surface area (TPSA) is 12.0 Å². The van der Waals surface area contributed by atoms with Crippen LogP contribution < -0.4 is 5.32 Å². The Kier molecular flexibility index (Phi) is 5.15. The average molecular weight is 408 g/mol.